The standard InChI is InChI=1S/C18H23N5/c1-4-15-5-6-17(21-9-15)18-20-7-8-22(18)12-16-10-19-13-23(16)11-14(2)3/h5-10,13-14H,4,11-12H2,1-3H3. The van der Waals surface area contributed by atoms with Crippen LogP contribution < -0.4 is 0 Å². The molecule has 0 amide bonds. The van der Waals surface area contributed by atoms with Gasteiger partial charge in [-0.15, -0.1) is 0 Å². The smallest absolute Gasteiger partial charge is 0.158 e. The molecule has 3 aromatic heterocycles. The molecule has 0 bridgehead atoms. The molecule has 3 rings (SSSR count). The molecule has 0 unspecified atom stereocenters. The predicted octanol–water partition coefficient (Wildman–Crippen LogP) is 3.41. The Labute approximate surface area is 137 Å². The van der Waals surface area contributed by atoms with E-state index in [1.165, 1.54) is 11.3 Å². The van der Waals surface area contributed by atoms with Crippen LogP contribution in [0.3, 0.4) is 0 Å². The first-order chi connectivity index (χ1) is 11.2. The Kier molecular flexibility index (Phi) is 4.55. The van der Waals surface area contributed by atoms with Gasteiger partial charge in [-0.05, 0) is 24.0 Å². The van der Waals surface area contributed by atoms with E-state index in [2.05, 4.69) is 50.9 Å². The van der Waals surface area contributed by atoms with Crippen molar-refractivity contribution in [3.05, 3.63) is 54.5 Å². The third kappa shape index (κ3) is 3.50. The Morgan fingerprint density at radius 2 is 1.96 bits per heavy atom. The first-order valence-corrected chi connectivity index (χ1v) is 8.12. The highest BCUT2D eigenvalue weighted by Crippen LogP contribution is 2.17. The molecule has 0 spiro atoms. The van der Waals surface area contributed by atoms with Gasteiger partial charge in [0.15, 0.2) is 5.82 Å². The van der Waals surface area contributed by atoms with Gasteiger partial charge in [-0.3, -0.25) is 4.98 Å². The molecule has 0 radical (unpaired) electrons. The Balaban J connectivity index is 1.85. The van der Waals surface area contributed by atoms with Crippen molar-refractivity contribution in [1.82, 2.24) is 24.1 Å². The fourth-order valence-electron chi connectivity index (χ4n) is 2.65. The van der Waals surface area contributed by atoms with Crippen LogP contribution in [0.25, 0.3) is 11.5 Å². The second kappa shape index (κ2) is 6.77. The van der Waals surface area contributed by atoms with E-state index in [1.54, 1.807) is 0 Å². The number of imidazole rings is 2. The van der Waals surface area contributed by atoms with E-state index < -0.39 is 0 Å². The zero-order chi connectivity index (χ0) is 16.2. The minimum Gasteiger partial charge on any atom is -0.333 e. The second-order valence-corrected chi connectivity index (χ2v) is 6.22. The van der Waals surface area contributed by atoms with Crippen LogP contribution in [0.15, 0.2) is 43.2 Å². The molecule has 0 aliphatic carbocycles. The van der Waals surface area contributed by atoms with E-state index in [1.807, 2.05) is 37.2 Å². The van der Waals surface area contributed by atoms with Gasteiger partial charge in [-0.25, -0.2) is 9.97 Å². The fourth-order valence-corrected chi connectivity index (χ4v) is 2.65. The van der Waals surface area contributed by atoms with Gasteiger partial charge in [-0.2, -0.15) is 0 Å². The number of hydrogen-bond acceptors (Lipinski definition) is 3. The van der Waals surface area contributed by atoms with Crippen molar-refractivity contribution in [1.29, 1.82) is 0 Å². The van der Waals surface area contributed by atoms with E-state index >= 15 is 0 Å². The highest BCUT2D eigenvalue weighted by Gasteiger charge is 2.10. The molecule has 120 valence electrons. The molecule has 0 N–H and O–H groups in total. The van der Waals surface area contributed by atoms with Crippen molar-refractivity contribution in [2.24, 2.45) is 5.92 Å². The number of rotatable bonds is 6. The number of hydrogen-bond donors (Lipinski definition) is 0. The Morgan fingerprint density at radius 1 is 1.09 bits per heavy atom. The topological polar surface area (TPSA) is 48.5 Å². The molecule has 0 saturated heterocycles. The number of pyridine rings is 1. The minimum absolute atomic E-state index is 0.591. The molecule has 0 fully saturated rings. The highest BCUT2D eigenvalue weighted by molar-refractivity contribution is 5.50. The van der Waals surface area contributed by atoms with E-state index in [-0.39, 0.29) is 0 Å². The highest BCUT2D eigenvalue weighted by atomic mass is 15.1. The molecule has 0 aliphatic heterocycles. The molecule has 3 aromatic rings. The van der Waals surface area contributed by atoms with E-state index in [4.69, 9.17) is 0 Å². The van der Waals surface area contributed by atoms with Gasteiger partial charge >= 0.3 is 0 Å². The maximum Gasteiger partial charge on any atom is 0.158 e. The largest absolute Gasteiger partial charge is 0.333 e. The van der Waals surface area contributed by atoms with Gasteiger partial charge in [0.05, 0.1) is 18.6 Å². The van der Waals surface area contributed by atoms with Gasteiger partial charge in [0.1, 0.15) is 5.69 Å². The summed E-state index contributed by atoms with van der Waals surface area (Å²) in [5.74, 6) is 1.48. The zero-order valence-corrected chi connectivity index (χ0v) is 14.0. The summed E-state index contributed by atoms with van der Waals surface area (Å²) in [7, 11) is 0. The molecular weight excluding hydrogens is 286 g/mol. The average Bonchev–Trinajstić information content (AvgIpc) is 3.17. The van der Waals surface area contributed by atoms with Crippen LogP contribution in [-0.4, -0.2) is 24.1 Å². The lowest BCUT2D eigenvalue weighted by Gasteiger charge is -2.12. The van der Waals surface area contributed by atoms with Gasteiger partial charge in [0.25, 0.3) is 0 Å². The fraction of sp³-hybridized carbons (Fsp3) is 0.389. The van der Waals surface area contributed by atoms with Crippen LogP contribution in [0.2, 0.25) is 0 Å². The van der Waals surface area contributed by atoms with Gasteiger partial charge in [-0.1, -0.05) is 26.8 Å². The van der Waals surface area contributed by atoms with Crippen LogP contribution >= 0.6 is 0 Å². The van der Waals surface area contributed by atoms with Crippen LogP contribution in [-0.2, 0) is 19.5 Å². The van der Waals surface area contributed by atoms with Crippen molar-refractivity contribution in [2.75, 3.05) is 0 Å². The molecule has 5 heteroatoms. The van der Waals surface area contributed by atoms with Gasteiger partial charge < -0.3 is 9.13 Å². The van der Waals surface area contributed by atoms with E-state index in [0.29, 0.717) is 5.92 Å². The van der Waals surface area contributed by atoms with Gasteiger partial charge in [0.2, 0.25) is 0 Å². The first kappa shape index (κ1) is 15.5. The number of aryl methyl sites for hydroxylation is 1. The summed E-state index contributed by atoms with van der Waals surface area (Å²) >= 11 is 0. The van der Waals surface area contributed by atoms with Crippen molar-refractivity contribution < 1.29 is 0 Å². The summed E-state index contributed by atoms with van der Waals surface area (Å²) in [5, 5.41) is 0. The SMILES string of the molecule is CCc1ccc(-c2nccn2Cc2cncn2CC(C)C)nc1. The zero-order valence-electron chi connectivity index (χ0n) is 14.0. The molecule has 3 heterocycles. The van der Waals surface area contributed by atoms with E-state index in [0.717, 1.165) is 31.0 Å². The first-order valence-electron chi connectivity index (χ1n) is 8.12. The molecule has 0 aliphatic rings. The third-order valence-corrected chi connectivity index (χ3v) is 3.87. The monoisotopic (exact) mass is 309 g/mol. The second-order valence-electron chi connectivity index (χ2n) is 6.22. The summed E-state index contributed by atoms with van der Waals surface area (Å²) in [4.78, 5) is 13.3. The van der Waals surface area contributed by atoms with Crippen molar-refractivity contribution in [2.45, 2.75) is 40.3 Å². The van der Waals surface area contributed by atoms with E-state index in [9.17, 15) is 0 Å². The summed E-state index contributed by atoms with van der Waals surface area (Å²) in [6.45, 7) is 8.28. The van der Waals surface area contributed by atoms with Gasteiger partial charge in [0, 0.05) is 31.3 Å². The average molecular weight is 309 g/mol. The maximum absolute atomic E-state index is 4.55. The maximum atomic E-state index is 4.55. The Morgan fingerprint density at radius 3 is 2.65 bits per heavy atom. The Bertz CT molecular complexity index is 752. The van der Waals surface area contributed by atoms with Crippen molar-refractivity contribution >= 4 is 0 Å². The van der Waals surface area contributed by atoms with Crippen molar-refractivity contribution in [3.8, 4) is 11.5 Å². The lowest BCUT2D eigenvalue weighted by atomic mass is 10.2. The molecule has 0 saturated carbocycles. The van der Waals surface area contributed by atoms with Crippen LogP contribution in [0.1, 0.15) is 32.0 Å². The van der Waals surface area contributed by atoms with Crippen molar-refractivity contribution in [3.63, 3.8) is 0 Å². The molecule has 5 nitrogen and oxygen atoms in total. The predicted molar refractivity (Wildman–Crippen MR) is 91.0 cm³/mol. The molecule has 0 aromatic carbocycles. The van der Waals surface area contributed by atoms with Crippen LogP contribution in [0, 0.1) is 5.92 Å². The lowest BCUT2D eigenvalue weighted by Crippen LogP contribution is -2.11. The summed E-state index contributed by atoms with van der Waals surface area (Å²) in [5.41, 5.74) is 3.33. The molecule has 0 atom stereocenters. The minimum atomic E-state index is 0.591. The lowest BCUT2D eigenvalue weighted by molar-refractivity contribution is 0.504. The quantitative estimate of drug-likeness (QED) is 0.701. The number of aromatic nitrogens is 5. The van der Waals surface area contributed by atoms with Crippen LogP contribution in [0.5, 0.6) is 0 Å². The summed E-state index contributed by atoms with van der Waals surface area (Å²) in [6.07, 6.45) is 10.6. The molecular formula is C18H23N5. The molecule has 23 heavy (non-hydrogen) atoms. The number of nitrogens with zero attached hydrogens (tertiary/aromatic N) is 5. The third-order valence-electron chi connectivity index (χ3n) is 3.87. The summed E-state index contributed by atoms with van der Waals surface area (Å²) < 4.78 is 4.34. The van der Waals surface area contributed by atoms with Crippen LogP contribution in [0.4, 0.5) is 0 Å². The Hall–Kier alpha value is -2.43. The normalized spacial score (nSPS) is 11.3. The summed E-state index contributed by atoms with van der Waals surface area (Å²) in [6, 6.07) is 4.16.